The third kappa shape index (κ3) is 2.60. The lowest BCUT2D eigenvalue weighted by molar-refractivity contribution is 0.101. The topological polar surface area (TPSA) is 85.8 Å². The molecule has 1 N–H and O–H groups in total. The van der Waals surface area contributed by atoms with Crippen LogP contribution < -0.4 is 5.32 Å². The van der Waals surface area contributed by atoms with Crippen LogP contribution in [0.25, 0.3) is 11.5 Å². The molecule has 0 radical (unpaired) electrons. The van der Waals surface area contributed by atoms with E-state index in [1.54, 1.807) is 19.3 Å². The molecule has 0 spiro atoms. The van der Waals surface area contributed by atoms with E-state index in [-0.39, 0.29) is 11.9 Å². The van der Waals surface area contributed by atoms with Crippen molar-refractivity contribution >= 4 is 11.9 Å². The Bertz CT molecular complexity index is 834. The Labute approximate surface area is 127 Å². The van der Waals surface area contributed by atoms with Gasteiger partial charge in [-0.05, 0) is 31.5 Å². The van der Waals surface area contributed by atoms with Gasteiger partial charge in [0.05, 0.1) is 0 Å². The number of aromatic nitrogens is 4. The van der Waals surface area contributed by atoms with Crippen molar-refractivity contribution in [3.63, 3.8) is 0 Å². The smallest absolute Gasteiger partial charge is 0.322 e. The molecule has 0 saturated heterocycles. The van der Waals surface area contributed by atoms with E-state index in [2.05, 4.69) is 20.6 Å². The highest BCUT2D eigenvalue weighted by Crippen LogP contribution is 2.24. The van der Waals surface area contributed by atoms with Crippen LogP contribution in [0.3, 0.4) is 0 Å². The van der Waals surface area contributed by atoms with Crippen LogP contribution in [0.15, 0.2) is 34.9 Å². The van der Waals surface area contributed by atoms with Crippen molar-refractivity contribution in [2.75, 3.05) is 5.32 Å². The summed E-state index contributed by atoms with van der Waals surface area (Å²) in [6.45, 7) is 3.96. The van der Waals surface area contributed by atoms with Crippen molar-refractivity contribution in [2.45, 2.75) is 13.8 Å². The van der Waals surface area contributed by atoms with Crippen LogP contribution in [0, 0.1) is 13.8 Å². The Morgan fingerprint density at radius 3 is 2.77 bits per heavy atom. The van der Waals surface area contributed by atoms with E-state index in [9.17, 15) is 4.79 Å². The van der Waals surface area contributed by atoms with Crippen LogP contribution in [-0.2, 0) is 7.05 Å². The lowest BCUT2D eigenvalue weighted by Gasteiger charge is -2.02. The Morgan fingerprint density at radius 1 is 1.23 bits per heavy atom. The predicted octanol–water partition coefficient (Wildman–Crippen LogP) is 2.34. The van der Waals surface area contributed by atoms with Crippen LogP contribution in [0.4, 0.5) is 6.01 Å². The van der Waals surface area contributed by atoms with Gasteiger partial charge >= 0.3 is 6.01 Å². The molecule has 0 aliphatic rings. The van der Waals surface area contributed by atoms with Gasteiger partial charge in [-0.15, -0.1) is 5.10 Å². The van der Waals surface area contributed by atoms with E-state index >= 15 is 0 Å². The molecule has 1 amide bonds. The fourth-order valence-corrected chi connectivity index (χ4v) is 2.11. The number of rotatable bonds is 3. The normalized spacial score (nSPS) is 10.7. The molecule has 0 aliphatic heterocycles. The summed E-state index contributed by atoms with van der Waals surface area (Å²) in [6, 6.07) is 7.64. The Kier molecular flexibility index (Phi) is 3.46. The standard InChI is InChI=1S/C15H15N5O2/c1-9-4-5-10(2)11(8-9)14-18-19-15(22-14)17-13(21)12-6-7-16-20(12)3/h4-8H,1-3H3,(H,17,19,21). The summed E-state index contributed by atoms with van der Waals surface area (Å²) in [6.07, 6.45) is 1.55. The maximum atomic E-state index is 12.1. The van der Waals surface area contributed by atoms with Gasteiger partial charge in [-0.2, -0.15) is 5.10 Å². The van der Waals surface area contributed by atoms with Crippen LogP contribution in [0.5, 0.6) is 0 Å². The summed E-state index contributed by atoms with van der Waals surface area (Å²) in [5, 5.41) is 14.4. The third-order valence-corrected chi connectivity index (χ3v) is 3.32. The Hall–Kier alpha value is -2.96. The van der Waals surface area contributed by atoms with E-state index in [1.165, 1.54) is 4.68 Å². The Balaban J connectivity index is 1.84. The average molecular weight is 297 g/mol. The summed E-state index contributed by atoms with van der Waals surface area (Å²) in [7, 11) is 1.68. The summed E-state index contributed by atoms with van der Waals surface area (Å²) in [4.78, 5) is 12.1. The number of amides is 1. The summed E-state index contributed by atoms with van der Waals surface area (Å²) < 4.78 is 7.00. The van der Waals surface area contributed by atoms with Crippen LogP contribution >= 0.6 is 0 Å². The summed E-state index contributed by atoms with van der Waals surface area (Å²) >= 11 is 0. The molecule has 0 fully saturated rings. The zero-order valence-corrected chi connectivity index (χ0v) is 12.5. The minimum absolute atomic E-state index is 0.0575. The fraction of sp³-hybridized carbons (Fsp3) is 0.200. The number of carbonyl (C=O) groups excluding carboxylic acids is 1. The van der Waals surface area contributed by atoms with E-state index in [0.717, 1.165) is 16.7 Å². The first kappa shape index (κ1) is 14.0. The number of carbonyl (C=O) groups is 1. The maximum absolute atomic E-state index is 12.1. The second-order valence-corrected chi connectivity index (χ2v) is 5.02. The highest BCUT2D eigenvalue weighted by Gasteiger charge is 2.16. The van der Waals surface area contributed by atoms with Crippen molar-refractivity contribution in [3.8, 4) is 11.5 Å². The molecule has 7 heteroatoms. The van der Waals surface area contributed by atoms with Crippen molar-refractivity contribution < 1.29 is 9.21 Å². The third-order valence-electron chi connectivity index (χ3n) is 3.32. The zero-order valence-electron chi connectivity index (χ0n) is 12.5. The van der Waals surface area contributed by atoms with Crippen LogP contribution in [-0.4, -0.2) is 25.9 Å². The van der Waals surface area contributed by atoms with Crippen LogP contribution in [0.1, 0.15) is 21.6 Å². The molecule has 0 unspecified atom stereocenters. The van der Waals surface area contributed by atoms with E-state index in [0.29, 0.717) is 11.6 Å². The van der Waals surface area contributed by atoms with E-state index < -0.39 is 0 Å². The highest BCUT2D eigenvalue weighted by molar-refractivity contribution is 6.01. The first-order valence-electron chi connectivity index (χ1n) is 6.75. The van der Waals surface area contributed by atoms with Crippen molar-refractivity contribution in [2.24, 2.45) is 7.05 Å². The molecule has 3 rings (SSSR count). The number of nitrogens with one attached hydrogen (secondary N) is 1. The molecule has 0 bridgehead atoms. The average Bonchev–Trinajstić information content (AvgIpc) is 3.10. The minimum atomic E-state index is -0.351. The molecule has 2 aromatic heterocycles. The summed E-state index contributed by atoms with van der Waals surface area (Å²) in [5.74, 6) is 0.0256. The van der Waals surface area contributed by atoms with Gasteiger partial charge in [0.15, 0.2) is 0 Å². The molecule has 22 heavy (non-hydrogen) atoms. The fourth-order valence-electron chi connectivity index (χ4n) is 2.11. The molecular formula is C15H15N5O2. The quantitative estimate of drug-likeness (QED) is 0.802. The number of nitrogens with zero attached hydrogens (tertiary/aromatic N) is 4. The number of hydrogen-bond donors (Lipinski definition) is 1. The van der Waals surface area contributed by atoms with Gasteiger partial charge in [-0.1, -0.05) is 22.8 Å². The lowest BCUT2D eigenvalue weighted by Crippen LogP contribution is -2.16. The predicted molar refractivity (Wildman–Crippen MR) is 80.4 cm³/mol. The Morgan fingerprint density at radius 2 is 2.05 bits per heavy atom. The second kappa shape index (κ2) is 5.44. The number of aryl methyl sites for hydroxylation is 3. The number of anilines is 1. The molecule has 3 aromatic rings. The first-order chi connectivity index (χ1) is 10.5. The molecule has 1 aromatic carbocycles. The second-order valence-electron chi connectivity index (χ2n) is 5.02. The molecule has 0 atom stereocenters. The molecular weight excluding hydrogens is 282 g/mol. The van der Waals surface area contributed by atoms with Crippen molar-refractivity contribution in [1.29, 1.82) is 0 Å². The minimum Gasteiger partial charge on any atom is -0.403 e. The van der Waals surface area contributed by atoms with Gasteiger partial charge in [0.25, 0.3) is 5.91 Å². The summed E-state index contributed by atoms with van der Waals surface area (Å²) in [5.41, 5.74) is 3.39. The number of benzene rings is 1. The van der Waals surface area contributed by atoms with Crippen molar-refractivity contribution in [1.82, 2.24) is 20.0 Å². The zero-order chi connectivity index (χ0) is 15.7. The highest BCUT2D eigenvalue weighted by atomic mass is 16.4. The van der Waals surface area contributed by atoms with E-state index in [4.69, 9.17) is 4.42 Å². The van der Waals surface area contributed by atoms with Gasteiger partial charge in [0.2, 0.25) is 5.89 Å². The first-order valence-corrected chi connectivity index (χ1v) is 6.75. The SMILES string of the molecule is Cc1ccc(C)c(-c2nnc(NC(=O)c3ccnn3C)o2)c1. The molecule has 0 saturated carbocycles. The monoisotopic (exact) mass is 297 g/mol. The van der Waals surface area contributed by atoms with Gasteiger partial charge < -0.3 is 4.42 Å². The molecule has 0 aliphatic carbocycles. The maximum Gasteiger partial charge on any atom is 0.322 e. The van der Waals surface area contributed by atoms with Crippen LogP contribution in [0.2, 0.25) is 0 Å². The number of hydrogen-bond acceptors (Lipinski definition) is 5. The van der Waals surface area contributed by atoms with Crippen molar-refractivity contribution in [3.05, 3.63) is 47.3 Å². The molecule has 112 valence electrons. The largest absolute Gasteiger partial charge is 0.403 e. The molecule has 2 heterocycles. The van der Waals surface area contributed by atoms with Gasteiger partial charge in [0.1, 0.15) is 5.69 Å². The van der Waals surface area contributed by atoms with Gasteiger partial charge in [-0.25, -0.2) is 0 Å². The van der Waals surface area contributed by atoms with Gasteiger partial charge in [0, 0.05) is 18.8 Å². The molecule has 7 nitrogen and oxygen atoms in total. The van der Waals surface area contributed by atoms with E-state index in [1.807, 2.05) is 32.0 Å². The van der Waals surface area contributed by atoms with Gasteiger partial charge in [-0.3, -0.25) is 14.8 Å². The lowest BCUT2D eigenvalue weighted by atomic mass is 10.1.